The Labute approximate surface area is 121 Å². The van der Waals surface area contributed by atoms with Gasteiger partial charge < -0.3 is 15.4 Å². The van der Waals surface area contributed by atoms with Crippen LogP contribution in [0.1, 0.15) is 24.3 Å². The molecule has 1 radical (unpaired) electrons. The molecule has 2 rings (SSSR count). The third kappa shape index (κ3) is 3.65. The first-order chi connectivity index (χ1) is 7.40. The molecule has 0 spiro atoms. The van der Waals surface area contributed by atoms with Crippen molar-refractivity contribution >= 4 is 12.1 Å². The Morgan fingerprint density at radius 2 is 2.06 bits per heavy atom. The van der Waals surface area contributed by atoms with E-state index in [1.165, 1.54) is 18.4 Å². The number of benzene rings is 1. The minimum Gasteiger partial charge on any atom is -0.490 e. The van der Waals surface area contributed by atoms with E-state index in [0.717, 1.165) is 18.8 Å². The van der Waals surface area contributed by atoms with Crippen LogP contribution in [-0.2, 0) is 37.5 Å². The maximum Gasteiger partial charge on any atom is 0.0692 e. The number of piperidine rings is 1. The SMILES string of the molecule is O=[C-]Nc1cccc(C2CCNCC2)c1.[Y]. The Morgan fingerprint density at radius 1 is 1.31 bits per heavy atom. The van der Waals surface area contributed by atoms with E-state index in [1.807, 2.05) is 18.2 Å². The molecule has 1 aliphatic heterocycles. The maximum atomic E-state index is 10.2. The third-order valence-electron chi connectivity index (χ3n) is 2.89. The Morgan fingerprint density at radius 3 is 2.75 bits per heavy atom. The van der Waals surface area contributed by atoms with Crippen molar-refractivity contribution in [1.82, 2.24) is 5.32 Å². The van der Waals surface area contributed by atoms with Gasteiger partial charge in [-0.1, -0.05) is 17.7 Å². The second kappa shape index (κ2) is 7.15. The Bertz CT molecular complexity index is 338. The van der Waals surface area contributed by atoms with Gasteiger partial charge in [0, 0.05) is 32.7 Å². The molecule has 4 heteroatoms. The van der Waals surface area contributed by atoms with Crippen molar-refractivity contribution < 1.29 is 37.5 Å². The zero-order valence-electron chi connectivity index (χ0n) is 9.20. The van der Waals surface area contributed by atoms with Gasteiger partial charge in [-0.15, -0.1) is 17.8 Å². The van der Waals surface area contributed by atoms with E-state index >= 15 is 0 Å². The molecule has 3 nitrogen and oxygen atoms in total. The summed E-state index contributed by atoms with van der Waals surface area (Å²) >= 11 is 0. The van der Waals surface area contributed by atoms with Crippen molar-refractivity contribution in [2.75, 3.05) is 18.4 Å². The Hall–Kier alpha value is -0.246. The van der Waals surface area contributed by atoms with E-state index in [1.54, 1.807) is 6.41 Å². The largest absolute Gasteiger partial charge is 0.490 e. The first kappa shape index (κ1) is 13.8. The number of carbonyl (C=O) groups excluding carboxylic acids is 1. The van der Waals surface area contributed by atoms with Crippen LogP contribution in [0.15, 0.2) is 24.3 Å². The zero-order chi connectivity index (χ0) is 10.5. The third-order valence-corrected chi connectivity index (χ3v) is 2.89. The van der Waals surface area contributed by atoms with Crippen molar-refractivity contribution in [1.29, 1.82) is 0 Å². The molecule has 0 aliphatic carbocycles. The van der Waals surface area contributed by atoms with Gasteiger partial charge in [0.05, 0.1) is 6.41 Å². The second-order valence-corrected chi connectivity index (χ2v) is 3.88. The van der Waals surface area contributed by atoms with Crippen LogP contribution in [0.3, 0.4) is 0 Å². The van der Waals surface area contributed by atoms with Crippen molar-refractivity contribution in [3.8, 4) is 0 Å². The van der Waals surface area contributed by atoms with Crippen LogP contribution in [0.2, 0.25) is 0 Å². The fourth-order valence-corrected chi connectivity index (χ4v) is 2.08. The Kier molecular flexibility index (Phi) is 6.18. The van der Waals surface area contributed by atoms with E-state index in [0.29, 0.717) is 5.92 Å². The number of rotatable bonds is 3. The fraction of sp³-hybridized carbons (Fsp3) is 0.417. The molecule has 0 bridgehead atoms. The molecule has 83 valence electrons. The molecule has 0 atom stereocenters. The van der Waals surface area contributed by atoms with Gasteiger partial charge in [0.1, 0.15) is 0 Å². The number of hydrogen-bond donors (Lipinski definition) is 2. The van der Waals surface area contributed by atoms with Crippen LogP contribution in [0, 0.1) is 0 Å². The van der Waals surface area contributed by atoms with Crippen LogP contribution in [-0.4, -0.2) is 19.5 Å². The molecule has 0 aromatic heterocycles. The molecule has 1 heterocycles. The maximum absolute atomic E-state index is 10.2. The molecular formula is C12H15N2OY-. The number of anilines is 1. The zero-order valence-corrected chi connectivity index (χ0v) is 12.0. The van der Waals surface area contributed by atoms with E-state index < -0.39 is 0 Å². The summed E-state index contributed by atoms with van der Waals surface area (Å²) in [4.78, 5) is 10.2. The van der Waals surface area contributed by atoms with Gasteiger partial charge in [0.25, 0.3) is 0 Å². The molecule has 16 heavy (non-hydrogen) atoms. The van der Waals surface area contributed by atoms with Crippen molar-refractivity contribution in [2.24, 2.45) is 0 Å². The first-order valence-corrected chi connectivity index (χ1v) is 5.34. The first-order valence-electron chi connectivity index (χ1n) is 5.34. The van der Waals surface area contributed by atoms with Gasteiger partial charge in [-0.2, -0.15) is 0 Å². The normalized spacial score (nSPS) is 16.2. The molecule has 1 saturated heterocycles. The second-order valence-electron chi connectivity index (χ2n) is 3.88. The summed E-state index contributed by atoms with van der Waals surface area (Å²) in [6.45, 7) is 2.17. The summed E-state index contributed by atoms with van der Waals surface area (Å²) in [5.41, 5.74) is 2.15. The van der Waals surface area contributed by atoms with Gasteiger partial charge in [-0.3, -0.25) is 0 Å². The summed E-state index contributed by atoms with van der Waals surface area (Å²) in [5.74, 6) is 0.625. The van der Waals surface area contributed by atoms with Gasteiger partial charge in [-0.25, -0.2) is 0 Å². The molecule has 1 aromatic rings. The van der Waals surface area contributed by atoms with Gasteiger partial charge in [0.15, 0.2) is 0 Å². The van der Waals surface area contributed by atoms with E-state index in [9.17, 15) is 4.79 Å². The van der Waals surface area contributed by atoms with Crippen LogP contribution in [0.25, 0.3) is 0 Å². The summed E-state index contributed by atoms with van der Waals surface area (Å²) in [6, 6.07) is 8.04. The molecule has 1 amide bonds. The Balaban J connectivity index is 0.00000128. The van der Waals surface area contributed by atoms with Crippen LogP contribution < -0.4 is 10.6 Å². The molecule has 0 unspecified atom stereocenters. The standard InChI is InChI=1S/C12H15N2O.Y/c15-9-14-12-3-1-2-11(8-12)10-4-6-13-7-5-10;/h1-3,8,10,13H,4-7H2,(H,14,15);/q-1;. The number of hydrogen-bond acceptors (Lipinski definition) is 2. The van der Waals surface area contributed by atoms with Crippen LogP contribution >= 0.6 is 0 Å². The van der Waals surface area contributed by atoms with Crippen LogP contribution in [0.5, 0.6) is 0 Å². The van der Waals surface area contributed by atoms with Gasteiger partial charge in [0.2, 0.25) is 0 Å². The average Bonchev–Trinajstić information content (AvgIpc) is 2.31. The summed E-state index contributed by atoms with van der Waals surface area (Å²) in [6.07, 6.45) is 4.05. The smallest absolute Gasteiger partial charge is 0.0692 e. The quantitative estimate of drug-likeness (QED) is 0.657. The molecule has 1 aromatic carbocycles. The van der Waals surface area contributed by atoms with Crippen molar-refractivity contribution in [3.63, 3.8) is 0 Å². The molecule has 1 fully saturated rings. The average molecular weight is 292 g/mol. The summed E-state index contributed by atoms with van der Waals surface area (Å²) in [7, 11) is 0. The molecular weight excluding hydrogens is 277 g/mol. The van der Waals surface area contributed by atoms with Crippen molar-refractivity contribution in [2.45, 2.75) is 18.8 Å². The minimum atomic E-state index is 0. The molecule has 1 aliphatic rings. The van der Waals surface area contributed by atoms with E-state index in [-0.39, 0.29) is 32.7 Å². The number of nitrogens with one attached hydrogen (secondary N) is 2. The predicted molar refractivity (Wildman–Crippen MR) is 60.6 cm³/mol. The van der Waals surface area contributed by atoms with E-state index in [4.69, 9.17) is 0 Å². The fourth-order valence-electron chi connectivity index (χ4n) is 2.08. The van der Waals surface area contributed by atoms with Gasteiger partial charge >= 0.3 is 0 Å². The molecule has 0 saturated carbocycles. The summed E-state index contributed by atoms with van der Waals surface area (Å²) in [5, 5.41) is 5.91. The molecule has 2 N–H and O–H groups in total. The topological polar surface area (TPSA) is 41.1 Å². The van der Waals surface area contributed by atoms with Crippen LogP contribution in [0.4, 0.5) is 5.69 Å². The monoisotopic (exact) mass is 292 g/mol. The van der Waals surface area contributed by atoms with Gasteiger partial charge in [-0.05, 0) is 31.8 Å². The predicted octanol–water partition coefficient (Wildman–Crippen LogP) is 1.63. The number of amides is 1. The summed E-state index contributed by atoms with van der Waals surface area (Å²) < 4.78 is 0. The van der Waals surface area contributed by atoms with Crippen molar-refractivity contribution in [3.05, 3.63) is 29.8 Å². The minimum absolute atomic E-state index is 0. The van der Waals surface area contributed by atoms with E-state index in [2.05, 4.69) is 16.7 Å².